The van der Waals surface area contributed by atoms with Crippen molar-refractivity contribution in [1.29, 1.82) is 0 Å². The molecule has 140 valence electrons. The van der Waals surface area contributed by atoms with Crippen LogP contribution in [-0.4, -0.2) is 33.1 Å². The Labute approximate surface area is 159 Å². The predicted octanol–water partition coefficient (Wildman–Crippen LogP) is 2.71. The minimum Gasteiger partial charge on any atom is -0.356 e. The molecule has 0 fully saturated rings. The van der Waals surface area contributed by atoms with E-state index in [1.165, 1.54) is 0 Å². The number of carbonyl (C=O) groups is 1. The van der Waals surface area contributed by atoms with Gasteiger partial charge in [0, 0.05) is 35.8 Å². The monoisotopic (exact) mass is 375 g/mol. The number of benzene rings is 1. The highest BCUT2D eigenvalue weighted by atomic mass is 35.5. The van der Waals surface area contributed by atoms with Crippen molar-refractivity contribution in [2.75, 3.05) is 6.54 Å². The third-order valence-corrected chi connectivity index (χ3v) is 4.54. The first-order valence-electron chi connectivity index (χ1n) is 8.73. The Morgan fingerprint density at radius 2 is 2.04 bits per heavy atom. The number of nitrogens with two attached hydrogens (primary N) is 1. The molecule has 3 N–H and O–H groups in total. The van der Waals surface area contributed by atoms with E-state index in [1.54, 1.807) is 0 Å². The second-order valence-electron chi connectivity index (χ2n) is 6.63. The molecular weight excluding hydrogens is 350 g/mol. The van der Waals surface area contributed by atoms with Crippen LogP contribution in [0.5, 0.6) is 0 Å². The number of aryl methyl sites for hydroxylation is 2. The van der Waals surface area contributed by atoms with E-state index in [1.807, 2.05) is 49.6 Å². The molecule has 0 saturated heterocycles. The van der Waals surface area contributed by atoms with Crippen molar-refractivity contribution in [3.05, 3.63) is 41.2 Å². The number of halogens is 1. The molecule has 1 unspecified atom stereocenters. The molecule has 0 aliphatic carbocycles. The number of rotatable bonds is 6. The molecule has 26 heavy (non-hydrogen) atoms. The van der Waals surface area contributed by atoms with Gasteiger partial charge in [-0.05, 0) is 51.3 Å². The molecule has 0 aliphatic rings. The van der Waals surface area contributed by atoms with Gasteiger partial charge in [-0.25, -0.2) is 9.50 Å². The van der Waals surface area contributed by atoms with Crippen molar-refractivity contribution in [2.24, 2.45) is 5.73 Å². The number of carbonyl (C=O) groups excluding carboxylic acids is 1. The average Bonchev–Trinajstić information content (AvgIpc) is 2.93. The SMILES string of the molecule is Cc1nc2c3ccccc3nn2c(C)c1CCC(=O)NCCC(C)N.Cl. The fraction of sp³-hybridized carbons (Fsp3) is 0.421. The van der Waals surface area contributed by atoms with Crippen LogP contribution in [0.2, 0.25) is 0 Å². The van der Waals surface area contributed by atoms with E-state index < -0.39 is 0 Å². The van der Waals surface area contributed by atoms with E-state index in [-0.39, 0.29) is 24.4 Å². The average molecular weight is 376 g/mol. The Hall–Kier alpha value is -2.18. The van der Waals surface area contributed by atoms with E-state index >= 15 is 0 Å². The highest BCUT2D eigenvalue weighted by Crippen LogP contribution is 2.22. The second kappa shape index (κ2) is 8.47. The van der Waals surface area contributed by atoms with Crippen molar-refractivity contribution >= 4 is 34.9 Å². The van der Waals surface area contributed by atoms with Gasteiger partial charge in [-0.3, -0.25) is 4.79 Å². The largest absolute Gasteiger partial charge is 0.356 e. The van der Waals surface area contributed by atoms with E-state index in [2.05, 4.69) is 10.4 Å². The van der Waals surface area contributed by atoms with Crippen LogP contribution in [0.1, 0.15) is 36.7 Å². The molecule has 1 atom stereocenters. The van der Waals surface area contributed by atoms with Gasteiger partial charge < -0.3 is 11.1 Å². The van der Waals surface area contributed by atoms with Gasteiger partial charge in [-0.1, -0.05) is 12.1 Å². The molecule has 2 heterocycles. The number of nitrogens with one attached hydrogen (secondary N) is 1. The highest BCUT2D eigenvalue weighted by Gasteiger charge is 2.14. The van der Waals surface area contributed by atoms with Crippen LogP contribution in [0.4, 0.5) is 0 Å². The van der Waals surface area contributed by atoms with Gasteiger partial charge in [0.1, 0.15) is 0 Å². The quantitative estimate of drug-likeness (QED) is 0.693. The lowest BCUT2D eigenvalue weighted by Crippen LogP contribution is -2.29. The van der Waals surface area contributed by atoms with Crippen molar-refractivity contribution in [3.8, 4) is 0 Å². The van der Waals surface area contributed by atoms with Gasteiger partial charge in [0.2, 0.25) is 5.91 Å². The summed E-state index contributed by atoms with van der Waals surface area (Å²) in [6.07, 6.45) is 1.88. The summed E-state index contributed by atoms with van der Waals surface area (Å²) in [5, 5.41) is 8.62. The summed E-state index contributed by atoms with van der Waals surface area (Å²) in [6.45, 7) is 6.60. The van der Waals surface area contributed by atoms with Gasteiger partial charge in [0.15, 0.2) is 5.65 Å². The highest BCUT2D eigenvalue weighted by molar-refractivity contribution is 5.92. The maximum atomic E-state index is 12.0. The lowest BCUT2D eigenvalue weighted by molar-refractivity contribution is -0.121. The molecular formula is C19H26ClN5O. The number of hydrogen-bond donors (Lipinski definition) is 2. The van der Waals surface area contributed by atoms with E-state index in [4.69, 9.17) is 10.7 Å². The molecule has 0 spiro atoms. The molecule has 0 saturated carbocycles. The zero-order chi connectivity index (χ0) is 18.0. The standard InChI is InChI=1S/C19H25N5O.ClH/c1-12(20)10-11-21-18(25)9-8-15-13(2)22-19-16-6-4-5-7-17(16)23-24(19)14(15)3;/h4-7,12H,8-11,20H2,1-3H3,(H,21,25);1H. The van der Waals surface area contributed by atoms with Crippen LogP contribution in [0.3, 0.4) is 0 Å². The van der Waals surface area contributed by atoms with E-state index in [0.29, 0.717) is 19.4 Å². The van der Waals surface area contributed by atoms with Crippen LogP contribution in [0.15, 0.2) is 24.3 Å². The maximum absolute atomic E-state index is 12.0. The third kappa shape index (κ3) is 4.14. The molecule has 1 aromatic carbocycles. The first-order valence-corrected chi connectivity index (χ1v) is 8.73. The van der Waals surface area contributed by atoms with Gasteiger partial charge in [-0.2, -0.15) is 5.10 Å². The molecule has 3 aromatic rings. The van der Waals surface area contributed by atoms with Crippen molar-refractivity contribution < 1.29 is 4.79 Å². The Balaban J connectivity index is 0.00000243. The van der Waals surface area contributed by atoms with Gasteiger partial charge in [-0.15, -0.1) is 12.4 Å². The third-order valence-electron chi connectivity index (χ3n) is 4.54. The summed E-state index contributed by atoms with van der Waals surface area (Å²) in [7, 11) is 0. The molecule has 0 bridgehead atoms. The van der Waals surface area contributed by atoms with Crippen LogP contribution in [0.25, 0.3) is 16.6 Å². The topological polar surface area (TPSA) is 85.3 Å². The molecule has 0 radical (unpaired) electrons. The Kier molecular flexibility index (Phi) is 6.56. The number of hydrogen-bond acceptors (Lipinski definition) is 4. The first-order chi connectivity index (χ1) is 12.0. The molecule has 3 rings (SSSR count). The van der Waals surface area contributed by atoms with Crippen LogP contribution < -0.4 is 11.1 Å². The van der Waals surface area contributed by atoms with Gasteiger partial charge in [0.05, 0.1) is 5.52 Å². The van der Waals surface area contributed by atoms with E-state index in [9.17, 15) is 4.79 Å². The second-order valence-corrected chi connectivity index (χ2v) is 6.63. The predicted molar refractivity (Wildman–Crippen MR) is 107 cm³/mol. The number of aromatic nitrogens is 3. The lowest BCUT2D eigenvalue weighted by Gasteiger charge is -2.11. The van der Waals surface area contributed by atoms with E-state index in [0.717, 1.165) is 39.9 Å². The number of nitrogens with zero attached hydrogens (tertiary/aromatic N) is 3. The minimum atomic E-state index is 0. The fourth-order valence-corrected chi connectivity index (χ4v) is 3.10. The van der Waals surface area contributed by atoms with Gasteiger partial charge in [0.25, 0.3) is 0 Å². The molecule has 6 nitrogen and oxygen atoms in total. The molecule has 7 heteroatoms. The number of fused-ring (bicyclic) bond motifs is 3. The van der Waals surface area contributed by atoms with Gasteiger partial charge >= 0.3 is 0 Å². The Bertz CT molecular complexity index is 919. The fourth-order valence-electron chi connectivity index (χ4n) is 3.10. The zero-order valence-electron chi connectivity index (χ0n) is 15.5. The van der Waals surface area contributed by atoms with Crippen LogP contribution >= 0.6 is 12.4 Å². The van der Waals surface area contributed by atoms with Crippen LogP contribution in [0, 0.1) is 13.8 Å². The summed E-state index contributed by atoms with van der Waals surface area (Å²) in [6, 6.07) is 8.10. The Morgan fingerprint density at radius 1 is 1.31 bits per heavy atom. The minimum absolute atomic E-state index is 0. The molecule has 1 amide bonds. The summed E-state index contributed by atoms with van der Waals surface area (Å²) in [5.41, 5.74) is 10.6. The van der Waals surface area contributed by atoms with Crippen molar-refractivity contribution in [2.45, 2.75) is 46.1 Å². The normalized spacial score (nSPS) is 12.2. The molecule has 2 aromatic heterocycles. The number of amides is 1. The Morgan fingerprint density at radius 3 is 2.77 bits per heavy atom. The summed E-state index contributed by atoms with van der Waals surface area (Å²) < 4.78 is 1.89. The zero-order valence-corrected chi connectivity index (χ0v) is 16.3. The summed E-state index contributed by atoms with van der Waals surface area (Å²) in [5.74, 6) is 0.0465. The van der Waals surface area contributed by atoms with Crippen molar-refractivity contribution in [1.82, 2.24) is 19.9 Å². The summed E-state index contributed by atoms with van der Waals surface area (Å²) >= 11 is 0. The smallest absolute Gasteiger partial charge is 0.220 e. The lowest BCUT2D eigenvalue weighted by atomic mass is 10.1. The summed E-state index contributed by atoms with van der Waals surface area (Å²) in [4.78, 5) is 16.8. The maximum Gasteiger partial charge on any atom is 0.220 e. The first kappa shape index (κ1) is 20.1. The van der Waals surface area contributed by atoms with Crippen molar-refractivity contribution in [3.63, 3.8) is 0 Å². The molecule has 0 aliphatic heterocycles. The van der Waals surface area contributed by atoms with Crippen LogP contribution in [-0.2, 0) is 11.2 Å².